The number of nitrogens with two attached hydrogens (primary N) is 1. The maximum absolute atomic E-state index is 6.33. The third kappa shape index (κ3) is 2.79. The lowest BCUT2D eigenvalue weighted by atomic mass is 9.92. The summed E-state index contributed by atoms with van der Waals surface area (Å²) in [5.74, 6) is 0. The molecule has 0 aliphatic rings. The average Bonchev–Trinajstić information content (AvgIpc) is 2.80. The van der Waals surface area contributed by atoms with Crippen LogP contribution >= 0.6 is 8.73 Å². The Balaban J connectivity index is 2.34. The van der Waals surface area contributed by atoms with E-state index in [-0.39, 0.29) is 5.54 Å². The molecular formula is C18H22N3P. The first kappa shape index (κ1) is 15.2. The van der Waals surface area contributed by atoms with Crippen molar-refractivity contribution in [3.63, 3.8) is 0 Å². The van der Waals surface area contributed by atoms with E-state index in [0.29, 0.717) is 8.73 Å². The summed E-state index contributed by atoms with van der Waals surface area (Å²) in [5, 5.41) is 1.27. The number of fused-ring (bicyclic) bond motifs is 1. The highest BCUT2D eigenvalue weighted by Gasteiger charge is 2.22. The lowest BCUT2D eigenvalue weighted by molar-refractivity contribution is 0.519. The Bertz CT molecular complexity index is 785. The Morgan fingerprint density at radius 3 is 2.55 bits per heavy atom. The molecule has 3 nitrogen and oxygen atoms in total. The van der Waals surface area contributed by atoms with E-state index in [4.69, 9.17) is 5.73 Å². The van der Waals surface area contributed by atoms with Crippen LogP contribution in [0.1, 0.15) is 19.4 Å². The number of pyridine rings is 1. The zero-order chi connectivity index (χ0) is 15.7. The van der Waals surface area contributed by atoms with E-state index in [1.54, 1.807) is 0 Å². The van der Waals surface area contributed by atoms with E-state index in [2.05, 4.69) is 66.2 Å². The van der Waals surface area contributed by atoms with E-state index in [1.165, 1.54) is 27.7 Å². The van der Waals surface area contributed by atoms with Crippen molar-refractivity contribution in [3.8, 4) is 11.3 Å². The molecule has 1 unspecified atom stereocenters. The van der Waals surface area contributed by atoms with Crippen LogP contribution in [0.2, 0.25) is 0 Å². The summed E-state index contributed by atoms with van der Waals surface area (Å²) >= 11 is 0. The SMILES string of the molecule is CPn1c(-c2ccccc2)c(CC(C)(C)N)c2ccncc21. The van der Waals surface area contributed by atoms with Crippen LogP contribution in [0.25, 0.3) is 22.2 Å². The van der Waals surface area contributed by atoms with Gasteiger partial charge in [0.15, 0.2) is 0 Å². The highest BCUT2D eigenvalue weighted by Crippen LogP contribution is 2.38. The first-order chi connectivity index (χ1) is 10.5. The summed E-state index contributed by atoms with van der Waals surface area (Å²) in [5.41, 5.74) is 11.1. The zero-order valence-corrected chi connectivity index (χ0v) is 14.3. The first-order valence-corrected chi connectivity index (χ1v) is 8.95. The molecule has 0 saturated carbocycles. The molecule has 0 radical (unpaired) electrons. The number of benzene rings is 1. The van der Waals surface area contributed by atoms with Crippen LogP contribution in [-0.2, 0) is 6.42 Å². The van der Waals surface area contributed by atoms with Gasteiger partial charge in [-0.3, -0.25) is 4.98 Å². The van der Waals surface area contributed by atoms with Gasteiger partial charge in [0.2, 0.25) is 0 Å². The fourth-order valence-electron chi connectivity index (χ4n) is 2.97. The van der Waals surface area contributed by atoms with Gasteiger partial charge in [-0.2, -0.15) is 0 Å². The van der Waals surface area contributed by atoms with Crippen molar-refractivity contribution in [1.82, 2.24) is 9.32 Å². The van der Waals surface area contributed by atoms with Gasteiger partial charge < -0.3 is 10.1 Å². The van der Waals surface area contributed by atoms with Gasteiger partial charge in [-0.25, -0.2) is 0 Å². The molecule has 4 heteroatoms. The van der Waals surface area contributed by atoms with Crippen molar-refractivity contribution >= 4 is 19.6 Å². The molecule has 114 valence electrons. The monoisotopic (exact) mass is 311 g/mol. The molecule has 0 spiro atoms. The van der Waals surface area contributed by atoms with E-state index < -0.39 is 0 Å². The van der Waals surface area contributed by atoms with Crippen LogP contribution in [0.4, 0.5) is 0 Å². The van der Waals surface area contributed by atoms with E-state index in [1.807, 2.05) is 12.4 Å². The average molecular weight is 311 g/mol. The number of rotatable bonds is 4. The van der Waals surface area contributed by atoms with Gasteiger partial charge >= 0.3 is 0 Å². The van der Waals surface area contributed by atoms with Gasteiger partial charge in [0, 0.05) is 17.1 Å². The molecule has 3 rings (SSSR count). The number of hydrogen-bond acceptors (Lipinski definition) is 2. The van der Waals surface area contributed by atoms with Crippen molar-refractivity contribution in [2.24, 2.45) is 5.73 Å². The minimum absolute atomic E-state index is 0.247. The minimum atomic E-state index is -0.247. The van der Waals surface area contributed by atoms with Crippen LogP contribution in [0.15, 0.2) is 48.8 Å². The van der Waals surface area contributed by atoms with E-state index in [9.17, 15) is 0 Å². The molecule has 2 heterocycles. The Morgan fingerprint density at radius 1 is 1.18 bits per heavy atom. The molecule has 0 saturated heterocycles. The predicted octanol–water partition coefficient (Wildman–Crippen LogP) is 4.05. The lowest BCUT2D eigenvalue weighted by Gasteiger charge is -2.20. The summed E-state index contributed by atoms with van der Waals surface area (Å²) in [6, 6.07) is 12.7. The predicted molar refractivity (Wildman–Crippen MR) is 96.8 cm³/mol. The fraction of sp³-hybridized carbons (Fsp3) is 0.278. The Hall–Kier alpha value is -1.70. The Kier molecular flexibility index (Phi) is 4.03. The molecule has 0 bridgehead atoms. The van der Waals surface area contributed by atoms with Crippen LogP contribution in [0.5, 0.6) is 0 Å². The lowest BCUT2D eigenvalue weighted by Crippen LogP contribution is -2.34. The molecule has 2 N–H and O–H groups in total. The fourth-order valence-corrected chi connectivity index (χ4v) is 3.88. The molecule has 1 atom stereocenters. The van der Waals surface area contributed by atoms with Crippen molar-refractivity contribution in [2.45, 2.75) is 25.8 Å². The maximum atomic E-state index is 6.33. The molecule has 22 heavy (non-hydrogen) atoms. The van der Waals surface area contributed by atoms with Gasteiger partial charge in [0.1, 0.15) is 0 Å². The second-order valence-electron chi connectivity index (χ2n) is 6.31. The van der Waals surface area contributed by atoms with Crippen molar-refractivity contribution in [3.05, 3.63) is 54.4 Å². The molecule has 1 aromatic carbocycles. The first-order valence-electron chi connectivity index (χ1n) is 7.50. The normalized spacial score (nSPS) is 12.5. The number of aromatic nitrogens is 2. The highest BCUT2D eigenvalue weighted by molar-refractivity contribution is 7.35. The van der Waals surface area contributed by atoms with Gasteiger partial charge in [0.05, 0.1) is 17.4 Å². The van der Waals surface area contributed by atoms with E-state index in [0.717, 1.165) is 6.42 Å². The summed E-state index contributed by atoms with van der Waals surface area (Å²) in [4.78, 5) is 4.32. The van der Waals surface area contributed by atoms with E-state index >= 15 is 0 Å². The summed E-state index contributed by atoms with van der Waals surface area (Å²) in [6.45, 7) is 6.37. The molecular weight excluding hydrogens is 289 g/mol. The summed E-state index contributed by atoms with van der Waals surface area (Å²) < 4.78 is 2.37. The van der Waals surface area contributed by atoms with Gasteiger partial charge in [-0.1, -0.05) is 30.3 Å². The molecule has 0 amide bonds. The maximum Gasteiger partial charge on any atom is 0.0706 e. The zero-order valence-electron chi connectivity index (χ0n) is 13.3. The standard InChI is InChI=1S/C18H22N3P/c1-18(2,19)11-15-14-9-10-20-12-16(14)21(22-3)17(15)13-7-5-4-6-8-13/h4-10,12,22H,11,19H2,1-3H3. The van der Waals surface area contributed by atoms with Gasteiger partial charge in [-0.05, 0) is 52.9 Å². The molecule has 0 aliphatic heterocycles. The number of hydrogen-bond donors (Lipinski definition) is 1. The largest absolute Gasteiger partial charge is 0.325 e. The van der Waals surface area contributed by atoms with Crippen molar-refractivity contribution < 1.29 is 0 Å². The van der Waals surface area contributed by atoms with Gasteiger partial charge in [-0.15, -0.1) is 0 Å². The third-order valence-electron chi connectivity index (χ3n) is 3.78. The molecule has 3 aromatic rings. The number of nitrogens with zero attached hydrogens (tertiary/aromatic N) is 2. The van der Waals surface area contributed by atoms with Crippen LogP contribution in [0, 0.1) is 0 Å². The van der Waals surface area contributed by atoms with Crippen LogP contribution < -0.4 is 5.73 Å². The minimum Gasteiger partial charge on any atom is -0.325 e. The summed E-state index contributed by atoms with van der Waals surface area (Å²) in [6.07, 6.45) is 4.67. The smallest absolute Gasteiger partial charge is 0.0706 e. The molecule has 0 aliphatic carbocycles. The highest BCUT2D eigenvalue weighted by atomic mass is 31.1. The topological polar surface area (TPSA) is 43.8 Å². The Labute approximate surface area is 133 Å². The second kappa shape index (κ2) is 5.83. The second-order valence-corrected chi connectivity index (χ2v) is 7.20. The quantitative estimate of drug-likeness (QED) is 0.739. The van der Waals surface area contributed by atoms with Crippen LogP contribution in [-0.4, -0.2) is 21.5 Å². The van der Waals surface area contributed by atoms with Gasteiger partial charge in [0.25, 0.3) is 0 Å². The van der Waals surface area contributed by atoms with Crippen LogP contribution in [0.3, 0.4) is 0 Å². The van der Waals surface area contributed by atoms with Crippen molar-refractivity contribution in [2.75, 3.05) is 6.66 Å². The summed E-state index contributed by atoms with van der Waals surface area (Å²) in [7, 11) is 0.651. The third-order valence-corrected chi connectivity index (χ3v) is 4.69. The molecule has 0 fully saturated rings. The molecule has 2 aromatic heterocycles. The Morgan fingerprint density at radius 2 is 1.91 bits per heavy atom. The van der Waals surface area contributed by atoms with Crippen molar-refractivity contribution in [1.29, 1.82) is 0 Å².